The lowest BCUT2D eigenvalue weighted by Gasteiger charge is -2.32. The van der Waals surface area contributed by atoms with Crippen molar-refractivity contribution >= 4 is 17.2 Å². The zero-order valence-corrected chi connectivity index (χ0v) is 17.6. The predicted molar refractivity (Wildman–Crippen MR) is 116 cm³/mol. The third kappa shape index (κ3) is 3.97. The van der Waals surface area contributed by atoms with Gasteiger partial charge in [0.25, 0.3) is 0 Å². The Hall–Kier alpha value is -2.89. The van der Waals surface area contributed by atoms with Gasteiger partial charge in [-0.05, 0) is 63.8 Å². The fourth-order valence-electron chi connectivity index (χ4n) is 3.95. The zero-order chi connectivity index (χ0) is 20.5. The van der Waals surface area contributed by atoms with Crippen LogP contribution < -0.4 is 10.2 Å². The standard InChI is InChI=1S/C23H29N5O/c1-15(2)25-23(29)18-7-10-27(11-8-18)22-21-14-20(26-28(21)12-9-24-22)19-6-5-16(3)17(4)13-19/h5-6,9,12-15,18H,7-8,10-11H2,1-4H3,(H,25,29). The van der Waals surface area contributed by atoms with Crippen molar-refractivity contribution in [2.45, 2.75) is 46.6 Å². The topological polar surface area (TPSA) is 62.5 Å². The SMILES string of the molecule is Cc1ccc(-c2cc3c(N4CCC(C(=O)NC(C)C)CC4)nccn3n2)cc1C. The van der Waals surface area contributed by atoms with Gasteiger partial charge in [-0.2, -0.15) is 5.10 Å². The molecule has 0 atom stereocenters. The number of piperidine rings is 1. The number of aryl methyl sites for hydroxylation is 2. The second-order valence-electron chi connectivity index (χ2n) is 8.33. The Morgan fingerprint density at radius 3 is 2.59 bits per heavy atom. The number of hydrogen-bond acceptors (Lipinski definition) is 4. The van der Waals surface area contributed by atoms with E-state index >= 15 is 0 Å². The van der Waals surface area contributed by atoms with Gasteiger partial charge in [0.2, 0.25) is 5.91 Å². The molecule has 1 N–H and O–H groups in total. The fourth-order valence-corrected chi connectivity index (χ4v) is 3.95. The van der Waals surface area contributed by atoms with Crippen LogP contribution in [0.1, 0.15) is 37.8 Å². The van der Waals surface area contributed by atoms with Crippen molar-refractivity contribution in [1.29, 1.82) is 0 Å². The van der Waals surface area contributed by atoms with Gasteiger partial charge in [0, 0.05) is 43.0 Å². The minimum atomic E-state index is 0.0874. The number of aromatic nitrogens is 3. The van der Waals surface area contributed by atoms with E-state index in [1.54, 1.807) is 6.20 Å². The van der Waals surface area contributed by atoms with Crippen LogP contribution in [-0.2, 0) is 4.79 Å². The summed E-state index contributed by atoms with van der Waals surface area (Å²) in [6, 6.07) is 8.75. The second kappa shape index (κ2) is 7.85. The minimum Gasteiger partial charge on any atom is -0.355 e. The average molecular weight is 392 g/mol. The van der Waals surface area contributed by atoms with Crippen LogP contribution >= 0.6 is 0 Å². The van der Waals surface area contributed by atoms with Crippen LogP contribution in [0.3, 0.4) is 0 Å². The molecule has 0 saturated carbocycles. The highest BCUT2D eigenvalue weighted by Crippen LogP contribution is 2.29. The molecule has 4 rings (SSSR count). The van der Waals surface area contributed by atoms with Gasteiger partial charge < -0.3 is 10.2 Å². The molecule has 6 heteroatoms. The van der Waals surface area contributed by atoms with Crippen LogP contribution in [0.15, 0.2) is 36.7 Å². The van der Waals surface area contributed by atoms with Gasteiger partial charge >= 0.3 is 0 Å². The highest BCUT2D eigenvalue weighted by Gasteiger charge is 2.27. The molecule has 0 unspecified atom stereocenters. The zero-order valence-electron chi connectivity index (χ0n) is 17.6. The number of benzene rings is 1. The summed E-state index contributed by atoms with van der Waals surface area (Å²) in [5, 5.41) is 7.81. The molecule has 0 spiro atoms. The van der Waals surface area contributed by atoms with Crippen LogP contribution in [-0.4, -0.2) is 39.6 Å². The van der Waals surface area contributed by atoms with E-state index in [0.29, 0.717) is 0 Å². The summed E-state index contributed by atoms with van der Waals surface area (Å²) in [4.78, 5) is 19.2. The Kier molecular flexibility index (Phi) is 5.26. The van der Waals surface area contributed by atoms with Gasteiger partial charge in [0.05, 0.1) is 5.69 Å². The molecule has 1 saturated heterocycles. The van der Waals surface area contributed by atoms with Crippen LogP contribution in [0.5, 0.6) is 0 Å². The molecule has 152 valence electrons. The van der Waals surface area contributed by atoms with Gasteiger partial charge in [0.15, 0.2) is 5.82 Å². The van der Waals surface area contributed by atoms with Gasteiger partial charge in [-0.1, -0.05) is 12.1 Å². The smallest absolute Gasteiger partial charge is 0.223 e. The highest BCUT2D eigenvalue weighted by atomic mass is 16.1. The van der Waals surface area contributed by atoms with Crippen molar-refractivity contribution in [1.82, 2.24) is 19.9 Å². The van der Waals surface area contributed by atoms with Crippen molar-refractivity contribution < 1.29 is 4.79 Å². The van der Waals surface area contributed by atoms with Gasteiger partial charge in [-0.15, -0.1) is 0 Å². The maximum absolute atomic E-state index is 12.3. The fraction of sp³-hybridized carbons (Fsp3) is 0.435. The van der Waals surface area contributed by atoms with Gasteiger partial charge in [-0.25, -0.2) is 9.50 Å². The first kappa shape index (κ1) is 19.4. The lowest BCUT2D eigenvalue weighted by molar-refractivity contribution is -0.126. The highest BCUT2D eigenvalue weighted by molar-refractivity contribution is 5.80. The van der Waals surface area contributed by atoms with E-state index in [4.69, 9.17) is 5.10 Å². The first-order valence-corrected chi connectivity index (χ1v) is 10.4. The predicted octanol–water partition coefficient (Wildman–Crippen LogP) is 3.75. The molecule has 1 aliphatic rings. The summed E-state index contributed by atoms with van der Waals surface area (Å²) in [6.07, 6.45) is 5.39. The number of nitrogens with zero attached hydrogens (tertiary/aromatic N) is 4. The van der Waals surface area contributed by atoms with Crippen LogP contribution in [0.2, 0.25) is 0 Å². The number of carbonyl (C=O) groups is 1. The maximum atomic E-state index is 12.3. The summed E-state index contributed by atoms with van der Waals surface area (Å²) >= 11 is 0. The summed E-state index contributed by atoms with van der Waals surface area (Å²) in [7, 11) is 0. The van der Waals surface area contributed by atoms with E-state index in [1.165, 1.54) is 11.1 Å². The first-order chi connectivity index (χ1) is 13.9. The van der Waals surface area contributed by atoms with E-state index in [0.717, 1.165) is 48.5 Å². The van der Waals surface area contributed by atoms with Crippen molar-refractivity contribution in [3.05, 3.63) is 47.8 Å². The van der Waals surface area contributed by atoms with Crippen molar-refractivity contribution in [3.63, 3.8) is 0 Å². The molecule has 1 fully saturated rings. The lowest BCUT2D eigenvalue weighted by atomic mass is 9.95. The van der Waals surface area contributed by atoms with E-state index in [1.807, 2.05) is 24.6 Å². The Balaban J connectivity index is 1.57. The van der Waals surface area contributed by atoms with E-state index in [9.17, 15) is 4.79 Å². The first-order valence-electron chi connectivity index (χ1n) is 10.4. The third-order valence-corrected chi connectivity index (χ3v) is 5.77. The average Bonchev–Trinajstić information content (AvgIpc) is 3.14. The number of carbonyl (C=O) groups excluding carboxylic acids is 1. The number of rotatable bonds is 4. The molecule has 6 nitrogen and oxygen atoms in total. The Morgan fingerprint density at radius 1 is 1.14 bits per heavy atom. The van der Waals surface area contributed by atoms with E-state index in [-0.39, 0.29) is 17.9 Å². The molecule has 0 aliphatic carbocycles. The molecule has 29 heavy (non-hydrogen) atoms. The van der Waals surface area contributed by atoms with E-state index < -0.39 is 0 Å². The lowest BCUT2D eigenvalue weighted by Crippen LogP contribution is -2.42. The molecule has 1 amide bonds. The molecular formula is C23H29N5O. The minimum absolute atomic E-state index is 0.0874. The number of anilines is 1. The molecule has 0 bridgehead atoms. The summed E-state index contributed by atoms with van der Waals surface area (Å²) in [6.45, 7) is 9.91. The van der Waals surface area contributed by atoms with Crippen molar-refractivity contribution in [2.24, 2.45) is 5.92 Å². The second-order valence-corrected chi connectivity index (χ2v) is 8.33. The number of nitrogens with one attached hydrogen (secondary N) is 1. The van der Waals surface area contributed by atoms with Crippen LogP contribution in [0.25, 0.3) is 16.8 Å². The third-order valence-electron chi connectivity index (χ3n) is 5.77. The number of hydrogen-bond donors (Lipinski definition) is 1. The van der Waals surface area contributed by atoms with Crippen molar-refractivity contribution in [3.8, 4) is 11.3 Å². The normalized spacial score (nSPS) is 15.3. The summed E-state index contributed by atoms with van der Waals surface area (Å²) < 4.78 is 1.91. The van der Waals surface area contributed by atoms with E-state index in [2.05, 4.69) is 53.3 Å². The quantitative estimate of drug-likeness (QED) is 0.736. The van der Waals surface area contributed by atoms with Crippen LogP contribution in [0.4, 0.5) is 5.82 Å². The molecular weight excluding hydrogens is 362 g/mol. The largest absolute Gasteiger partial charge is 0.355 e. The summed E-state index contributed by atoms with van der Waals surface area (Å²) in [5.41, 5.74) is 5.62. The van der Waals surface area contributed by atoms with Crippen molar-refractivity contribution in [2.75, 3.05) is 18.0 Å². The number of amides is 1. The molecule has 1 aromatic carbocycles. The molecule has 3 heterocycles. The molecule has 2 aromatic heterocycles. The van der Waals surface area contributed by atoms with Gasteiger partial charge in [-0.3, -0.25) is 4.79 Å². The molecule has 0 radical (unpaired) electrons. The molecule has 1 aliphatic heterocycles. The maximum Gasteiger partial charge on any atom is 0.223 e. The monoisotopic (exact) mass is 391 g/mol. The summed E-state index contributed by atoms with van der Waals surface area (Å²) in [5.74, 6) is 1.20. The molecule has 3 aromatic rings. The van der Waals surface area contributed by atoms with Gasteiger partial charge in [0.1, 0.15) is 5.52 Å². The number of fused-ring (bicyclic) bond motifs is 1. The Labute approximate surface area is 171 Å². The Bertz CT molecular complexity index is 1030. The Morgan fingerprint density at radius 2 is 1.90 bits per heavy atom. The van der Waals surface area contributed by atoms with Crippen LogP contribution in [0, 0.1) is 19.8 Å².